The van der Waals surface area contributed by atoms with Crippen molar-refractivity contribution < 1.29 is 13.2 Å². The predicted molar refractivity (Wildman–Crippen MR) is 69.4 cm³/mol. The minimum atomic E-state index is -4.37. The van der Waals surface area contributed by atoms with Gasteiger partial charge < -0.3 is 4.98 Å². The van der Waals surface area contributed by atoms with E-state index in [9.17, 15) is 18.0 Å². The molecule has 0 unspecified atom stereocenters. The molecule has 3 nitrogen and oxygen atoms in total. The second-order valence-corrected chi connectivity index (χ2v) is 4.72. The van der Waals surface area contributed by atoms with Crippen LogP contribution in [0.4, 0.5) is 13.2 Å². The second-order valence-electron chi connectivity index (χ2n) is 4.72. The van der Waals surface area contributed by atoms with Crippen molar-refractivity contribution in [3.8, 4) is 11.3 Å². The molecule has 0 bridgehead atoms. The van der Waals surface area contributed by atoms with Crippen LogP contribution < -0.4 is 5.56 Å². The molecule has 0 radical (unpaired) electrons. The van der Waals surface area contributed by atoms with E-state index in [-0.39, 0.29) is 11.5 Å². The number of benzene rings is 1. The molecule has 0 spiro atoms. The maximum Gasteiger partial charge on any atom is 0.416 e. The van der Waals surface area contributed by atoms with Gasteiger partial charge in [0.2, 0.25) is 0 Å². The molecule has 0 saturated carbocycles. The quantitative estimate of drug-likeness (QED) is 0.915. The number of aromatic nitrogens is 2. The lowest BCUT2D eigenvalue weighted by atomic mass is 9.98. The van der Waals surface area contributed by atoms with Crippen molar-refractivity contribution in [2.24, 2.45) is 0 Å². The van der Waals surface area contributed by atoms with Gasteiger partial charge in [-0.2, -0.15) is 13.2 Å². The monoisotopic (exact) mass is 282 g/mol. The lowest BCUT2D eigenvalue weighted by Gasteiger charge is -2.11. The van der Waals surface area contributed by atoms with Crippen molar-refractivity contribution in [3.05, 3.63) is 52.1 Å². The fourth-order valence-electron chi connectivity index (χ4n) is 1.99. The van der Waals surface area contributed by atoms with Gasteiger partial charge in [0, 0.05) is 11.1 Å². The van der Waals surface area contributed by atoms with Gasteiger partial charge in [-0.25, -0.2) is 4.98 Å². The van der Waals surface area contributed by atoms with Crippen LogP contribution in [-0.4, -0.2) is 9.97 Å². The van der Waals surface area contributed by atoms with Crippen LogP contribution in [0.2, 0.25) is 0 Å². The first-order valence-corrected chi connectivity index (χ1v) is 6.06. The Labute approximate surface area is 113 Å². The van der Waals surface area contributed by atoms with Crippen molar-refractivity contribution in [1.29, 1.82) is 0 Å². The van der Waals surface area contributed by atoms with Crippen molar-refractivity contribution in [1.82, 2.24) is 9.97 Å². The number of H-pyrrole nitrogens is 1. The molecule has 1 heterocycles. The molecule has 2 aromatic rings. The number of alkyl halides is 3. The van der Waals surface area contributed by atoms with E-state index >= 15 is 0 Å². The molecule has 20 heavy (non-hydrogen) atoms. The molecular formula is C14H13F3N2O. The highest BCUT2D eigenvalue weighted by Gasteiger charge is 2.30. The highest BCUT2D eigenvalue weighted by Crippen LogP contribution is 2.31. The predicted octanol–water partition coefficient (Wildman–Crippen LogP) is 3.58. The first-order valence-electron chi connectivity index (χ1n) is 6.06. The smallest absolute Gasteiger partial charge is 0.313 e. The number of halogens is 3. The van der Waals surface area contributed by atoms with E-state index in [1.165, 1.54) is 18.5 Å². The summed E-state index contributed by atoms with van der Waals surface area (Å²) in [6.45, 7) is 3.67. The summed E-state index contributed by atoms with van der Waals surface area (Å²) in [4.78, 5) is 18.4. The molecule has 106 valence electrons. The van der Waals surface area contributed by atoms with Gasteiger partial charge in [-0.15, -0.1) is 0 Å². The molecule has 0 fully saturated rings. The third-order valence-corrected chi connectivity index (χ3v) is 2.95. The number of hydrogen-bond donors (Lipinski definition) is 1. The topological polar surface area (TPSA) is 45.8 Å². The Morgan fingerprint density at radius 2 is 1.75 bits per heavy atom. The summed E-state index contributed by atoms with van der Waals surface area (Å²) in [5.74, 6) is -0.0789. The van der Waals surface area contributed by atoms with Crippen LogP contribution in [0.5, 0.6) is 0 Å². The van der Waals surface area contributed by atoms with Crippen LogP contribution >= 0.6 is 0 Å². The van der Waals surface area contributed by atoms with Gasteiger partial charge >= 0.3 is 6.18 Å². The van der Waals surface area contributed by atoms with Crippen molar-refractivity contribution in [2.45, 2.75) is 25.9 Å². The molecule has 0 aliphatic rings. The minimum Gasteiger partial charge on any atom is -0.313 e. The van der Waals surface area contributed by atoms with Gasteiger partial charge in [0.05, 0.1) is 17.6 Å². The van der Waals surface area contributed by atoms with Crippen LogP contribution in [0, 0.1) is 0 Å². The minimum absolute atomic E-state index is 0.0789. The zero-order valence-corrected chi connectivity index (χ0v) is 11.0. The maximum atomic E-state index is 12.5. The summed E-state index contributed by atoms with van der Waals surface area (Å²) in [5, 5.41) is 0. The van der Waals surface area contributed by atoms with E-state index in [1.807, 2.05) is 13.8 Å². The maximum absolute atomic E-state index is 12.5. The van der Waals surface area contributed by atoms with Crippen molar-refractivity contribution >= 4 is 0 Å². The van der Waals surface area contributed by atoms with Gasteiger partial charge in [0.1, 0.15) is 0 Å². The number of rotatable bonds is 2. The number of aromatic amines is 1. The number of nitrogens with zero attached hydrogens (tertiary/aromatic N) is 1. The largest absolute Gasteiger partial charge is 0.416 e. The number of hydrogen-bond acceptors (Lipinski definition) is 2. The first kappa shape index (κ1) is 14.3. The van der Waals surface area contributed by atoms with Crippen LogP contribution in [0.25, 0.3) is 11.3 Å². The van der Waals surface area contributed by atoms with Crippen LogP contribution in [0.15, 0.2) is 35.4 Å². The SMILES string of the molecule is CC(C)c1c(-c2ccc(C(F)(F)F)cc2)nc[nH]c1=O. The average molecular weight is 282 g/mol. The summed E-state index contributed by atoms with van der Waals surface area (Å²) in [6, 6.07) is 4.64. The zero-order chi connectivity index (χ0) is 14.9. The third-order valence-electron chi connectivity index (χ3n) is 2.95. The molecule has 1 aromatic carbocycles. The molecule has 1 N–H and O–H groups in total. The van der Waals surface area contributed by atoms with Crippen LogP contribution in [0.3, 0.4) is 0 Å². The third kappa shape index (κ3) is 2.74. The molecule has 0 aliphatic heterocycles. The summed E-state index contributed by atoms with van der Waals surface area (Å²) in [5.41, 5.74) is 0.375. The van der Waals surface area contributed by atoms with Gasteiger partial charge in [0.15, 0.2) is 0 Å². The van der Waals surface area contributed by atoms with Gasteiger partial charge in [-0.3, -0.25) is 4.79 Å². The van der Waals surface area contributed by atoms with E-state index < -0.39 is 11.7 Å². The Morgan fingerprint density at radius 1 is 1.15 bits per heavy atom. The molecule has 2 rings (SSSR count). The average Bonchev–Trinajstić information content (AvgIpc) is 2.37. The van der Waals surface area contributed by atoms with Crippen molar-refractivity contribution in [3.63, 3.8) is 0 Å². The van der Waals surface area contributed by atoms with Crippen LogP contribution in [-0.2, 0) is 6.18 Å². The standard InChI is InChI=1S/C14H13F3N2O/c1-8(2)11-12(18-7-19-13(11)20)9-3-5-10(6-4-9)14(15,16)17/h3-8H,1-2H3,(H,18,19,20). The van der Waals surface area contributed by atoms with E-state index in [1.54, 1.807) is 0 Å². The highest BCUT2D eigenvalue weighted by molar-refractivity contribution is 5.63. The summed E-state index contributed by atoms with van der Waals surface area (Å²) >= 11 is 0. The summed E-state index contributed by atoms with van der Waals surface area (Å²) in [7, 11) is 0. The first-order chi connectivity index (χ1) is 9.30. The van der Waals surface area contributed by atoms with Gasteiger partial charge in [-0.1, -0.05) is 26.0 Å². The van der Waals surface area contributed by atoms with Crippen LogP contribution in [0.1, 0.15) is 30.9 Å². The normalized spacial score (nSPS) is 11.9. The molecule has 0 amide bonds. The Bertz CT molecular complexity index is 657. The summed E-state index contributed by atoms with van der Waals surface area (Å²) < 4.78 is 37.6. The van der Waals surface area contributed by atoms with Crippen molar-refractivity contribution in [2.75, 3.05) is 0 Å². The molecule has 0 saturated heterocycles. The van der Waals surface area contributed by atoms with Gasteiger partial charge in [-0.05, 0) is 18.1 Å². The Kier molecular flexibility index (Phi) is 3.65. The molecular weight excluding hydrogens is 269 g/mol. The Morgan fingerprint density at radius 3 is 2.25 bits per heavy atom. The zero-order valence-electron chi connectivity index (χ0n) is 11.0. The lowest BCUT2D eigenvalue weighted by Crippen LogP contribution is -2.16. The molecule has 6 heteroatoms. The number of nitrogens with one attached hydrogen (secondary N) is 1. The fourth-order valence-corrected chi connectivity index (χ4v) is 1.99. The molecule has 0 atom stereocenters. The Hall–Kier alpha value is -2.11. The fraction of sp³-hybridized carbons (Fsp3) is 0.286. The van der Waals surface area contributed by atoms with E-state index in [4.69, 9.17) is 0 Å². The second kappa shape index (κ2) is 5.11. The highest BCUT2D eigenvalue weighted by atomic mass is 19.4. The van der Waals surface area contributed by atoms with Gasteiger partial charge in [0.25, 0.3) is 5.56 Å². The van der Waals surface area contributed by atoms with E-state index in [0.29, 0.717) is 16.8 Å². The van der Waals surface area contributed by atoms with E-state index in [0.717, 1.165) is 12.1 Å². The Balaban J connectivity index is 2.53. The summed E-state index contributed by atoms with van der Waals surface area (Å²) in [6.07, 6.45) is -3.12. The van der Waals surface area contributed by atoms with E-state index in [2.05, 4.69) is 9.97 Å². The molecule has 1 aromatic heterocycles. The molecule has 0 aliphatic carbocycles. The lowest BCUT2D eigenvalue weighted by molar-refractivity contribution is -0.137.